The van der Waals surface area contributed by atoms with E-state index in [1.54, 1.807) is 11.0 Å². The number of carbonyl (C=O) groups is 1. The predicted molar refractivity (Wildman–Crippen MR) is 86.6 cm³/mol. The van der Waals surface area contributed by atoms with E-state index < -0.39 is 5.60 Å². The van der Waals surface area contributed by atoms with Crippen LogP contribution in [0.25, 0.3) is 0 Å². The average molecular weight is 323 g/mol. The molecule has 0 aromatic carbocycles. The van der Waals surface area contributed by atoms with Gasteiger partial charge >= 0.3 is 6.09 Å². The van der Waals surface area contributed by atoms with Gasteiger partial charge in [-0.1, -0.05) is 6.92 Å². The van der Waals surface area contributed by atoms with Crippen LogP contribution < -0.4 is 5.32 Å². The first-order chi connectivity index (χ1) is 10.8. The Hall–Kier alpha value is -1.69. The van der Waals surface area contributed by atoms with Gasteiger partial charge in [0.25, 0.3) is 0 Å². The van der Waals surface area contributed by atoms with Crippen molar-refractivity contribution in [2.45, 2.75) is 58.2 Å². The smallest absolute Gasteiger partial charge is 0.410 e. The molecule has 6 heteroatoms. The number of amides is 1. The van der Waals surface area contributed by atoms with Crippen LogP contribution in [0.2, 0.25) is 0 Å². The quantitative estimate of drug-likeness (QED) is 0.924. The maximum absolute atomic E-state index is 13.0. The molecule has 1 saturated heterocycles. The van der Waals surface area contributed by atoms with Gasteiger partial charge in [0, 0.05) is 25.2 Å². The summed E-state index contributed by atoms with van der Waals surface area (Å²) in [7, 11) is 0. The van der Waals surface area contributed by atoms with Gasteiger partial charge in [0.15, 0.2) is 0 Å². The Morgan fingerprint density at radius 1 is 1.52 bits per heavy atom. The zero-order valence-electron chi connectivity index (χ0n) is 14.3. The van der Waals surface area contributed by atoms with E-state index in [9.17, 15) is 9.18 Å². The first kappa shape index (κ1) is 17.7. The summed E-state index contributed by atoms with van der Waals surface area (Å²) in [6.45, 7) is 8.95. The molecule has 2 heterocycles. The zero-order chi connectivity index (χ0) is 17.0. The molecule has 1 aliphatic rings. The number of hydrogen-bond donors (Lipinski definition) is 1. The summed E-state index contributed by atoms with van der Waals surface area (Å²) in [6, 6.07) is 3.38. The molecule has 5 nitrogen and oxygen atoms in total. The number of carbonyl (C=O) groups excluding carboxylic acids is 1. The van der Waals surface area contributed by atoms with E-state index in [-0.39, 0.29) is 24.0 Å². The number of pyridine rings is 1. The lowest BCUT2D eigenvalue weighted by Gasteiger charge is -2.25. The maximum Gasteiger partial charge on any atom is 0.410 e. The second kappa shape index (κ2) is 7.25. The van der Waals surface area contributed by atoms with Crippen LogP contribution in [0.15, 0.2) is 18.3 Å². The fraction of sp³-hybridized carbons (Fsp3) is 0.647. The van der Waals surface area contributed by atoms with Gasteiger partial charge in [-0.25, -0.2) is 9.18 Å². The highest BCUT2D eigenvalue weighted by Gasteiger charge is 2.30. The third kappa shape index (κ3) is 5.16. The van der Waals surface area contributed by atoms with Crippen molar-refractivity contribution >= 4 is 6.09 Å². The molecule has 128 valence electrons. The van der Waals surface area contributed by atoms with Gasteiger partial charge in [0.1, 0.15) is 11.4 Å². The largest absolute Gasteiger partial charge is 0.444 e. The van der Waals surface area contributed by atoms with E-state index in [0.717, 1.165) is 18.5 Å². The van der Waals surface area contributed by atoms with Crippen molar-refractivity contribution in [3.05, 3.63) is 29.8 Å². The summed E-state index contributed by atoms with van der Waals surface area (Å²) in [4.78, 5) is 18.0. The molecule has 1 aliphatic heterocycles. The molecule has 1 fully saturated rings. The fourth-order valence-corrected chi connectivity index (χ4v) is 2.68. The van der Waals surface area contributed by atoms with Crippen molar-refractivity contribution in [1.29, 1.82) is 0 Å². The lowest BCUT2D eigenvalue weighted by atomic mass is 10.1. The van der Waals surface area contributed by atoms with Crippen LogP contribution >= 0.6 is 0 Å². The van der Waals surface area contributed by atoms with Crippen LogP contribution in [-0.2, 0) is 4.74 Å². The van der Waals surface area contributed by atoms with Crippen LogP contribution in [0.5, 0.6) is 0 Å². The number of hydrogen-bond acceptors (Lipinski definition) is 4. The highest BCUT2D eigenvalue weighted by atomic mass is 19.1. The van der Waals surface area contributed by atoms with Gasteiger partial charge < -0.3 is 15.0 Å². The Balaban J connectivity index is 1.91. The van der Waals surface area contributed by atoms with E-state index >= 15 is 0 Å². The Labute approximate surface area is 137 Å². The van der Waals surface area contributed by atoms with E-state index in [2.05, 4.69) is 17.2 Å². The molecule has 1 N–H and O–H groups in total. The summed E-state index contributed by atoms with van der Waals surface area (Å²) in [5.74, 6) is -0.333. The van der Waals surface area contributed by atoms with Crippen molar-refractivity contribution in [1.82, 2.24) is 15.2 Å². The number of halogens is 1. The Morgan fingerprint density at radius 3 is 2.83 bits per heavy atom. The summed E-state index contributed by atoms with van der Waals surface area (Å²) < 4.78 is 18.4. The topological polar surface area (TPSA) is 54.5 Å². The molecule has 0 bridgehead atoms. The van der Waals surface area contributed by atoms with Gasteiger partial charge in [-0.05, 0) is 45.7 Å². The molecule has 0 aliphatic carbocycles. The van der Waals surface area contributed by atoms with Gasteiger partial charge in [0.05, 0.1) is 11.9 Å². The molecule has 1 aromatic rings. The minimum absolute atomic E-state index is 0.0548. The molecule has 2 rings (SSSR count). The van der Waals surface area contributed by atoms with Gasteiger partial charge in [-0.15, -0.1) is 0 Å². The van der Waals surface area contributed by atoms with Crippen LogP contribution in [0, 0.1) is 5.82 Å². The number of aromatic nitrogens is 1. The van der Waals surface area contributed by atoms with Crippen LogP contribution in [0.4, 0.5) is 9.18 Å². The summed E-state index contributed by atoms with van der Waals surface area (Å²) in [5.41, 5.74) is 0.344. The number of ether oxygens (including phenoxy) is 1. The molecule has 0 spiro atoms. The zero-order valence-corrected chi connectivity index (χ0v) is 14.3. The van der Waals surface area contributed by atoms with E-state index in [4.69, 9.17) is 4.74 Å². The Morgan fingerprint density at radius 2 is 2.26 bits per heavy atom. The molecule has 23 heavy (non-hydrogen) atoms. The second-order valence-electron chi connectivity index (χ2n) is 6.94. The lowest BCUT2D eigenvalue weighted by Crippen LogP contribution is -2.39. The first-order valence-corrected chi connectivity index (χ1v) is 8.14. The Bertz CT molecular complexity index is 528. The number of nitrogens with zero attached hydrogens (tertiary/aromatic N) is 2. The third-order valence-corrected chi connectivity index (χ3v) is 3.79. The van der Waals surface area contributed by atoms with Crippen molar-refractivity contribution in [3.8, 4) is 0 Å². The lowest BCUT2D eigenvalue weighted by molar-refractivity contribution is 0.0290. The van der Waals surface area contributed by atoms with Crippen molar-refractivity contribution in [2.24, 2.45) is 0 Å². The molecule has 0 radical (unpaired) electrons. The van der Waals surface area contributed by atoms with Crippen molar-refractivity contribution in [3.63, 3.8) is 0 Å². The summed E-state index contributed by atoms with van der Waals surface area (Å²) >= 11 is 0. The fourth-order valence-electron chi connectivity index (χ4n) is 2.68. The molecule has 1 aromatic heterocycles. The van der Waals surface area contributed by atoms with Crippen LogP contribution in [0.1, 0.15) is 52.3 Å². The number of nitrogens with one attached hydrogen (secondary N) is 1. The molecule has 2 atom stereocenters. The van der Waals surface area contributed by atoms with Crippen LogP contribution in [0.3, 0.4) is 0 Å². The summed E-state index contributed by atoms with van der Waals surface area (Å²) in [6.07, 6.45) is 2.69. The molecule has 1 amide bonds. The monoisotopic (exact) mass is 323 g/mol. The standard InChI is InChI=1S/C17H26FN3O2/c1-5-14(15-7-6-12(18)10-19-15)20-13-8-9-21(11-13)16(22)23-17(2,3)4/h6-7,10,13-14,20H,5,8-9,11H2,1-4H3/t13-,14-/m1/s1. The normalized spacial score (nSPS) is 19.7. The van der Waals surface area contributed by atoms with Gasteiger partial charge in [0.2, 0.25) is 0 Å². The van der Waals surface area contributed by atoms with Crippen molar-refractivity contribution in [2.75, 3.05) is 13.1 Å². The SMILES string of the molecule is CC[C@@H](N[C@@H]1CCN(C(=O)OC(C)(C)C)C1)c1ccc(F)cn1. The van der Waals surface area contributed by atoms with Gasteiger partial charge in [-0.2, -0.15) is 0 Å². The minimum Gasteiger partial charge on any atom is -0.444 e. The second-order valence-corrected chi connectivity index (χ2v) is 6.94. The maximum atomic E-state index is 13.0. The molecular weight excluding hydrogens is 297 g/mol. The summed E-state index contributed by atoms with van der Waals surface area (Å²) in [5, 5.41) is 3.51. The highest BCUT2D eigenvalue weighted by molar-refractivity contribution is 5.68. The highest BCUT2D eigenvalue weighted by Crippen LogP contribution is 2.20. The Kier molecular flexibility index (Phi) is 5.57. The number of rotatable bonds is 4. The average Bonchev–Trinajstić information content (AvgIpc) is 2.93. The molecular formula is C17H26FN3O2. The van der Waals surface area contributed by atoms with E-state index in [1.807, 2.05) is 20.8 Å². The third-order valence-electron chi connectivity index (χ3n) is 3.79. The van der Waals surface area contributed by atoms with E-state index in [0.29, 0.717) is 13.1 Å². The predicted octanol–water partition coefficient (Wildman–Crippen LogP) is 3.27. The molecule has 0 unspecified atom stereocenters. The van der Waals surface area contributed by atoms with E-state index in [1.165, 1.54) is 12.3 Å². The van der Waals surface area contributed by atoms with Gasteiger partial charge in [-0.3, -0.25) is 4.98 Å². The number of likely N-dealkylation sites (tertiary alicyclic amines) is 1. The van der Waals surface area contributed by atoms with Crippen molar-refractivity contribution < 1.29 is 13.9 Å². The first-order valence-electron chi connectivity index (χ1n) is 8.14. The van der Waals surface area contributed by atoms with Crippen LogP contribution in [-0.4, -0.2) is 40.7 Å². The molecule has 0 saturated carbocycles. The minimum atomic E-state index is -0.480.